The highest BCUT2D eigenvalue weighted by Gasteiger charge is 2.40. The van der Waals surface area contributed by atoms with Gasteiger partial charge in [0.15, 0.2) is 15.5 Å². The molecule has 242 valence electrons. The first-order chi connectivity index (χ1) is 21.3. The molecule has 0 bridgehead atoms. The molecule has 2 fully saturated rings. The minimum absolute atomic E-state index is 0.00916. The molecule has 1 saturated carbocycles. The number of methoxy groups -OCH3 is 1. The number of hydrogen-bond donors (Lipinski definition) is 1. The number of halogens is 2. The number of carbonyl (C=O) groups is 3. The summed E-state index contributed by atoms with van der Waals surface area (Å²) in [5.74, 6) is -2.17. The Bertz CT molecular complexity index is 1720. The molecule has 0 radical (unpaired) electrons. The van der Waals surface area contributed by atoms with Crippen LogP contribution in [0.1, 0.15) is 48.2 Å². The lowest BCUT2D eigenvalue weighted by molar-refractivity contribution is -0.148. The van der Waals surface area contributed by atoms with E-state index in [-0.39, 0.29) is 66.0 Å². The predicted molar refractivity (Wildman–Crippen MR) is 166 cm³/mol. The van der Waals surface area contributed by atoms with E-state index in [1.807, 2.05) is 12.1 Å². The Balaban J connectivity index is 1.25. The Morgan fingerprint density at radius 3 is 2.53 bits per heavy atom. The molecule has 14 heteroatoms. The monoisotopic (exact) mass is 662 g/mol. The van der Waals surface area contributed by atoms with Gasteiger partial charge < -0.3 is 19.7 Å². The van der Waals surface area contributed by atoms with Crippen LogP contribution in [-0.2, 0) is 42.4 Å². The van der Waals surface area contributed by atoms with Crippen molar-refractivity contribution in [3.63, 3.8) is 0 Å². The smallest absolute Gasteiger partial charge is 0.308 e. The second-order valence-corrected chi connectivity index (χ2v) is 14.5. The third-order valence-corrected chi connectivity index (χ3v) is 10.6. The molecule has 1 aromatic heterocycles. The molecule has 1 aliphatic heterocycles. The summed E-state index contributed by atoms with van der Waals surface area (Å²) in [6.45, 7) is 0.101. The summed E-state index contributed by atoms with van der Waals surface area (Å²) in [7, 11) is -0.368. The zero-order valence-electron chi connectivity index (χ0n) is 25.3. The van der Waals surface area contributed by atoms with Gasteiger partial charge in [-0.1, -0.05) is 29.8 Å². The summed E-state index contributed by atoms with van der Waals surface area (Å²) in [6, 6.07) is 9.03. The Morgan fingerprint density at radius 1 is 1.13 bits per heavy atom. The minimum atomic E-state index is -3.45. The number of anilines is 1. The molecule has 1 N–H and O–H groups in total. The lowest BCUT2D eigenvalue weighted by atomic mass is 9.87. The van der Waals surface area contributed by atoms with E-state index in [9.17, 15) is 22.8 Å². The van der Waals surface area contributed by atoms with Crippen LogP contribution in [0.5, 0.6) is 0 Å². The van der Waals surface area contributed by atoms with E-state index in [4.69, 9.17) is 21.1 Å². The first kappa shape index (κ1) is 32.8. The lowest BCUT2D eigenvalue weighted by Crippen LogP contribution is -2.41. The van der Waals surface area contributed by atoms with Gasteiger partial charge in [0.2, 0.25) is 5.91 Å². The number of sulfone groups is 1. The Hall–Kier alpha value is -3.55. The number of para-hydroxylation sites is 1. The third kappa shape index (κ3) is 7.31. The van der Waals surface area contributed by atoms with E-state index in [1.54, 1.807) is 23.9 Å². The molecule has 1 aliphatic carbocycles. The van der Waals surface area contributed by atoms with Gasteiger partial charge in [-0.05, 0) is 55.9 Å². The van der Waals surface area contributed by atoms with Crippen molar-refractivity contribution in [3.05, 3.63) is 58.5 Å². The summed E-state index contributed by atoms with van der Waals surface area (Å²) in [5.41, 5.74) is 0.943. The number of rotatable bonds is 9. The number of aromatic nitrogens is 2. The number of nitrogens with one attached hydrogen (secondary N) is 1. The molecular weight excluding hydrogens is 627 g/mol. The summed E-state index contributed by atoms with van der Waals surface area (Å²) < 4.78 is 52.6. The van der Waals surface area contributed by atoms with Gasteiger partial charge in [0.25, 0.3) is 5.91 Å². The molecule has 2 aromatic carbocycles. The molecule has 0 unspecified atom stereocenters. The fourth-order valence-electron chi connectivity index (χ4n) is 6.17. The predicted octanol–water partition coefficient (Wildman–Crippen LogP) is 3.92. The van der Waals surface area contributed by atoms with Crippen LogP contribution in [0.4, 0.5) is 10.1 Å². The second kappa shape index (κ2) is 13.4. The molecule has 2 heterocycles. The van der Waals surface area contributed by atoms with E-state index >= 15 is 4.39 Å². The second-order valence-electron chi connectivity index (χ2n) is 11.8. The fraction of sp³-hybridized carbons (Fsp3) is 0.484. The summed E-state index contributed by atoms with van der Waals surface area (Å²) in [4.78, 5) is 39.8. The number of carbonyl (C=O) groups excluding carboxylic acids is 3. The molecule has 2 aliphatic rings. The lowest BCUT2D eigenvalue weighted by Gasteiger charge is -2.30. The number of likely N-dealkylation sites (tertiary alicyclic amines) is 1. The van der Waals surface area contributed by atoms with E-state index in [0.29, 0.717) is 31.1 Å². The Labute approximate surface area is 265 Å². The van der Waals surface area contributed by atoms with Crippen molar-refractivity contribution in [3.8, 4) is 0 Å². The number of benzene rings is 2. The van der Waals surface area contributed by atoms with Gasteiger partial charge in [0, 0.05) is 25.2 Å². The van der Waals surface area contributed by atoms with E-state index in [0.717, 1.165) is 17.8 Å². The number of ether oxygens (including phenoxy) is 2. The van der Waals surface area contributed by atoms with Crippen molar-refractivity contribution in [2.45, 2.75) is 55.9 Å². The molecule has 0 spiro atoms. The van der Waals surface area contributed by atoms with Gasteiger partial charge in [-0.2, -0.15) is 5.10 Å². The van der Waals surface area contributed by atoms with Crippen LogP contribution in [0.2, 0.25) is 5.02 Å². The van der Waals surface area contributed by atoms with Gasteiger partial charge in [-0.15, -0.1) is 0 Å². The number of aryl methyl sites for hydroxylation is 1. The molecule has 11 nitrogen and oxygen atoms in total. The zero-order valence-corrected chi connectivity index (χ0v) is 26.9. The normalized spacial score (nSPS) is 22.0. The largest absolute Gasteiger partial charge is 0.469 e. The van der Waals surface area contributed by atoms with Crippen LogP contribution >= 0.6 is 11.6 Å². The van der Waals surface area contributed by atoms with Crippen LogP contribution in [0.3, 0.4) is 0 Å². The van der Waals surface area contributed by atoms with Gasteiger partial charge in [0.1, 0.15) is 5.82 Å². The maximum atomic E-state index is 15.3. The van der Waals surface area contributed by atoms with E-state index in [2.05, 4.69) is 10.4 Å². The molecular formula is C31H36ClFN4O7S. The third-order valence-electron chi connectivity index (χ3n) is 8.73. The summed E-state index contributed by atoms with van der Waals surface area (Å²) in [5, 5.41) is 6.78. The molecule has 5 rings (SSSR count). The molecule has 1 saturated heterocycles. The standard InChI is InChI=1S/C31H36ClFN4O7S/c1-36-27-7-5-4-6-23(27)29(35-36)30(39)34-26-15-25(33)19(12-24(26)32)13-28(38)37-16-22(45(3,41)42)14-20(37)17-44-21-10-8-18(9-11-21)31(40)43-2/h4-7,12,15,18,20-22H,8-11,13-14,16-17H2,1-3H3,(H,34,39)/t18?,20-,21?,22-/m0/s1. The number of fused-ring (bicyclic) bond motifs is 1. The molecule has 2 amide bonds. The van der Waals surface area contributed by atoms with Crippen molar-refractivity contribution in [1.29, 1.82) is 0 Å². The SMILES string of the molecule is COC(=O)C1CCC(OC[C@@H]2C[C@H](S(C)(=O)=O)CN2C(=O)Cc2cc(Cl)c(NC(=O)c3nn(C)c4ccccc34)cc2F)CC1. The zero-order chi connectivity index (χ0) is 32.5. The van der Waals surface area contributed by atoms with Gasteiger partial charge in [0.05, 0.1) is 59.7 Å². The summed E-state index contributed by atoms with van der Waals surface area (Å²) >= 11 is 6.43. The first-order valence-electron chi connectivity index (χ1n) is 14.7. The van der Waals surface area contributed by atoms with Crippen LogP contribution in [0.15, 0.2) is 36.4 Å². The van der Waals surface area contributed by atoms with E-state index in [1.165, 1.54) is 18.1 Å². The van der Waals surface area contributed by atoms with Crippen LogP contribution in [0, 0.1) is 11.7 Å². The number of nitrogens with zero attached hydrogens (tertiary/aromatic N) is 3. The first-order valence-corrected chi connectivity index (χ1v) is 17.1. The average Bonchev–Trinajstić information content (AvgIpc) is 3.60. The topological polar surface area (TPSA) is 137 Å². The van der Waals surface area contributed by atoms with Crippen molar-refractivity contribution in [2.24, 2.45) is 13.0 Å². The van der Waals surface area contributed by atoms with Gasteiger partial charge in [-0.25, -0.2) is 12.8 Å². The molecule has 3 aromatic rings. The van der Waals surface area contributed by atoms with Crippen molar-refractivity contribution >= 4 is 55.8 Å². The number of esters is 1. The maximum Gasteiger partial charge on any atom is 0.308 e. The van der Waals surface area contributed by atoms with Crippen molar-refractivity contribution < 1.29 is 36.7 Å². The highest BCUT2D eigenvalue weighted by molar-refractivity contribution is 7.91. The molecule has 2 atom stereocenters. The number of amides is 2. The number of hydrogen-bond acceptors (Lipinski definition) is 8. The quantitative estimate of drug-likeness (QED) is 0.341. The highest BCUT2D eigenvalue weighted by Crippen LogP contribution is 2.31. The van der Waals surface area contributed by atoms with Gasteiger partial charge in [-0.3, -0.25) is 19.1 Å². The fourth-order valence-corrected chi connectivity index (χ4v) is 7.41. The van der Waals surface area contributed by atoms with Crippen LogP contribution in [-0.4, -0.2) is 84.8 Å². The highest BCUT2D eigenvalue weighted by atomic mass is 35.5. The van der Waals surface area contributed by atoms with Crippen LogP contribution in [0.25, 0.3) is 10.9 Å². The average molecular weight is 663 g/mol. The minimum Gasteiger partial charge on any atom is -0.469 e. The Morgan fingerprint density at radius 2 is 1.84 bits per heavy atom. The maximum absolute atomic E-state index is 15.3. The van der Waals surface area contributed by atoms with Crippen molar-refractivity contribution in [2.75, 3.05) is 31.8 Å². The molecule has 45 heavy (non-hydrogen) atoms. The Kier molecular flexibility index (Phi) is 9.80. The van der Waals surface area contributed by atoms with Gasteiger partial charge >= 0.3 is 5.97 Å². The van der Waals surface area contributed by atoms with Crippen LogP contribution < -0.4 is 5.32 Å². The van der Waals surface area contributed by atoms with Crippen molar-refractivity contribution in [1.82, 2.24) is 14.7 Å². The van der Waals surface area contributed by atoms with E-state index < -0.39 is 38.8 Å². The summed E-state index contributed by atoms with van der Waals surface area (Å²) in [6.07, 6.45) is 3.43.